The van der Waals surface area contributed by atoms with E-state index in [1.54, 1.807) is 43.5 Å². The highest BCUT2D eigenvalue weighted by molar-refractivity contribution is 5.87. The molecule has 2 aromatic rings. The third kappa shape index (κ3) is 5.27. The van der Waals surface area contributed by atoms with Crippen LogP contribution in [0.25, 0.3) is 0 Å². The smallest absolute Gasteiger partial charge is 0.277 e. The third-order valence-electron chi connectivity index (χ3n) is 3.56. The molecule has 2 rings (SSSR count). The molecule has 0 unspecified atom stereocenters. The van der Waals surface area contributed by atoms with E-state index in [4.69, 9.17) is 23.7 Å². The van der Waals surface area contributed by atoms with Crippen molar-refractivity contribution in [1.82, 2.24) is 5.43 Å². The highest BCUT2D eigenvalue weighted by atomic mass is 16.5. The summed E-state index contributed by atoms with van der Waals surface area (Å²) in [6, 6.07) is 10.4. The van der Waals surface area contributed by atoms with Crippen molar-refractivity contribution in [3.63, 3.8) is 0 Å². The first-order valence-electron chi connectivity index (χ1n) is 8.00. The van der Waals surface area contributed by atoms with Gasteiger partial charge >= 0.3 is 0 Å². The van der Waals surface area contributed by atoms with Gasteiger partial charge in [0, 0.05) is 5.56 Å². The van der Waals surface area contributed by atoms with Gasteiger partial charge in [0.1, 0.15) is 11.5 Å². The molecule has 0 radical (unpaired) electrons. The van der Waals surface area contributed by atoms with Crippen LogP contribution in [-0.2, 0) is 4.79 Å². The van der Waals surface area contributed by atoms with Crippen molar-refractivity contribution in [1.29, 1.82) is 0 Å². The van der Waals surface area contributed by atoms with Gasteiger partial charge in [-0.1, -0.05) is 0 Å². The zero-order chi connectivity index (χ0) is 19.6. The standard InChI is InChI=1S/C19H22N2O6/c1-23-14-6-8-15(9-7-14)27-12-17(22)21-20-11-13-5-10-16(24-2)19(26-4)18(13)25-3/h5-11H,12H2,1-4H3,(H,21,22)/b20-11+. The van der Waals surface area contributed by atoms with Gasteiger partial charge in [-0.25, -0.2) is 5.43 Å². The minimum atomic E-state index is -0.401. The SMILES string of the molecule is COc1ccc(OCC(=O)N/N=C/c2ccc(OC)c(OC)c2OC)cc1. The summed E-state index contributed by atoms with van der Waals surface area (Å²) in [5, 5.41) is 3.92. The monoisotopic (exact) mass is 374 g/mol. The molecule has 1 amide bonds. The van der Waals surface area contributed by atoms with Crippen LogP contribution >= 0.6 is 0 Å². The molecule has 0 atom stereocenters. The van der Waals surface area contributed by atoms with Crippen molar-refractivity contribution in [3.05, 3.63) is 42.0 Å². The van der Waals surface area contributed by atoms with Crippen LogP contribution in [0.1, 0.15) is 5.56 Å². The largest absolute Gasteiger partial charge is 0.497 e. The van der Waals surface area contributed by atoms with Gasteiger partial charge in [0.2, 0.25) is 5.75 Å². The number of carbonyl (C=O) groups excluding carboxylic acids is 1. The Labute approximate surface area is 157 Å². The fraction of sp³-hybridized carbons (Fsp3) is 0.263. The first kappa shape index (κ1) is 19.9. The molecule has 0 saturated carbocycles. The lowest BCUT2D eigenvalue weighted by molar-refractivity contribution is -0.123. The van der Waals surface area contributed by atoms with Crippen molar-refractivity contribution in [2.45, 2.75) is 0 Å². The maximum Gasteiger partial charge on any atom is 0.277 e. The summed E-state index contributed by atoms with van der Waals surface area (Å²) in [5.74, 6) is 2.28. The van der Waals surface area contributed by atoms with Crippen molar-refractivity contribution < 1.29 is 28.5 Å². The summed E-state index contributed by atoms with van der Waals surface area (Å²) in [6.45, 7) is -0.174. The number of benzene rings is 2. The van der Waals surface area contributed by atoms with Crippen LogP contribution in [0.5, 0.6) is 28.7 Å². The first-order chi connectivity index (χ1) is 13.1. The first-order valence-corrected chi connectivity index (χ1v) is 8.00. The van der Waals surface area contributed by atoms with Crippen LogP contribution in [0.2, 0.25) is 0 Å². The molecule has 8 nitrogen and oxygen atoms in total. The second kappa shape index (κ2) is 9.91. The van der Waals surface area contributed by atoms with Gasteiger partial charge in [-0.2, -0.15) is 5.10 Å². The lowest BCUT2D eigenvalue weighted by Gasteiger charge is -2.13. The summed E-state index contributed by atoms with van der Waals surface area (Å²) in [5.41, 5.74) is 3.01. The number of methoxy groups -OCH3 is 4. The van der Waals surface area contributed by atoms with Gasteiger partial charge < -0.3 is 23.7 Å². The van der Waals surface area contributed by atoms with E-state index in [1.165, 1.54) is 27.5 Å². The van der Waals surface area contributed by atoms with Crippen molar-refractivity contribution in [2.24, 2.45) is 5.10 Å². The molecule has 0 spiro atoms. The number of ether oxygens (including phenoxy) is 5. The van der Waals surface area contributed by atoms with Gasteiger partial charge in [0.25, 0.3) is 5.91 Å². The Morgan fingerprint density at radius 2 is 1.56 bits per heavy atom. The Morgan fingerprint density at radius 1 is 0.889 bits per heavy atom. The number of rotatable bonds is 9. The molecule has 144 valence electrons. The Hall–Kier alpha value is -3.42. The van der Waals surface area contributed by atoms with Gasteiger partial charge in [0.05, 0.1) is 34.7 Å². The average Bonchev–Trinajstić information content (AvgIpc) is 2.71. The molecule has 27 heavy (non-hydrogen) atoms. The van der Waals surface area contributed by atoms with E-state index in [9.17, 15) is 4.79 Å². The molecule has 0 aliphatic carbocycles. The molecule has 0 aromatic heterocycles. The fourth-order valence-corrected chi connectivity index (χ4v) is 2.25. The topological polar surface area (TPSA) is 87.6 Å². The van der Waals surface area contributed by atoms with E-state index in [-0.39, 0.29) is 6.61 Å². The minimum absolute atomic E-state index is 0.174. The fourth-order valence-electron chi connectivity index (χ4n) is 2.25. The predicted octanol–water partition coefficient (Wildman–Crippen LogP) is 2.25. The molecule has 0 fully saturated rings. The molecule has 1 N–H and O–H groups in total. The summed E-state index contributed by atoms with van der Waals surface area (Å²) in [7, 11) is 6.14. The predicted molar refractivity (Wildman–Crippen MR) is 100 cm³/mol. The quantitative estimate of drug-likeness (QED) is 0.535. The number of carbonyl (C=O) groups is 1. The van der Waals surface area contributed by atoms with Gasteiger partial charge in [-0.05, 0) is 36.4 Å². The van der Waals surface area contributed by atoms with Crippen molar-refractivity contribution >= 4 is 12.1 Å². The Bertz CT molecular complexity index is 790. The van der Waals surface area contributed by atoms with Crippen LogP contribution in [0.3, 0.4) is 0 Å². The van der Waals surface area contributed by atoms with Crippen LogP contribution in [0.4, 0.5) is 0 Å². The van der Waals surface area contributed by atoms with E-state index < -0.39 is 5.91 Å². The molecule has 0 aliphatic heterocycles. The highest BCUT2D eigenvalue weighted by Gasteiger charge is 2.14. The van der Waals surface area contributed by atoms with Gasteiger partial charge in [-0.15, -0.1) is 0 Å². The normalized spacial score (nSPS) is 10.4. The molecule has 0 bridgehead atoms. The van der Waals surface area contributed by atoms with E-state index in [0.29, 0.717) is 34.3 Å². The maximum atomic E-state index is 11.9. The average molecular weight is 374 g/mol. The van der Waals surface area contributed by atoms with Crippen LogP contribution in [0.15, 0.2) is 41.5 Å². The second-order valence-corrected chi connectivity index (χ2v) is 5.18. The lowest BCUT2D eigenvalue weighted by atomic mass is 10.2. The number of nitrogens with one attached hydrogen (secondary N) is 1. The zero-order valence-electron chi connectivity index (χ0n) is 15.6. The Kier molecular flexibility index (Phi) is 7.30. The Balaban J connectivity index is 1.95. The summed E-state index contributed by atoms with van der Waals surface area (Å²) < 4.78 is 26.3. The molecular weight excluding hydrogens is 352 g/mol. The second-order valence-electron chi connectivity index (χ2n) is 5.18. The van der Waals surface area contributed by atoms with E-state index in [1.807, 2.05) is 0 Å². The van der Waals surface area contributed by atoms with Crippen molar-refractivity contribution in [2.75, 3.05) is 35.0 Å². The van der Waals surface area contributed by atoms with Crippen LogP contribution in [-0.4, -0.2) is 47.2 Å². The lowest BCUT2D eigenvalue weighted by Crippen LogP contribution is -2.24. The summed E-state index contributed by atoms with van der Waals surface area (Å²) in [4.78, 5) is 11.9. The third-order valence-corrected chi connectivity index (χ3v) is 3.56. The van der Waals surface area contributed by atoms with E-state index in [2.05, 4.69) is 10.5 Å². The number of nitrogens with zero attached hydrogens (tertiary/aromatic N) is 1. The zero-order valence-corrected chi connectivity index (χ0v) is 15.6. The Morgan fingerprint density at radius 3 is 2.15 bits per heavy atom. The van der Waals surface area contributed by atoms with Crippen molar-refractivity contribution in [3.8, 4) is 28.7 Å². The van der Waals surface area contributed by atoms with Crippen LogP contribution in [0, 0.1) is 0 Å². The summed E-state index contributed by atoms with van der Waals surface area (Å²) in [6.07, 6.45) is 1.45. The van der Waals surface area contributed by atoms with Crippen LogP contribution < -0.4 is 29.1 Å². The molecule has 0 aliphatic rings. The molecule has 0 saturated heterocycles. The maximum absolute atomic E-state index is 11.9. The van der Waals surface area contributed by atoms with E-state index in [0.717, 1.165) is 0 Å². The number of hydrazone groups is 1. The summed E-state index contributed by atoms with van der Waals surface area (Å²) >= 11 is 0. The molecule has 2 aromatic carbocycles. The van der Waals surface area contributed by atoms with Gasteiger partial charge in [-0.3, -0.25) is 4.79 Å². The van der Waals surface area contributed by atoms with Gasteiger partial charge in [0.15, 0.2) is 18.1 Å². The number of amides is 1. The molecular formula is C19H22N2O6. The minimum Gasteiger partial charge on any atom is -0.497 e. The molecule has 8 heteroatoms. The number of hydrogen-bond acceptors (Lipinski definition) is 7. The highest BCUT2D eigenvalue weighted by Crippen LogP contribution is 2.38. The number of hydrogen-bond donors (Lipinski definition) is 1. The molecule has 0 heterocycles. The van der Waals surface area contributed by atoms with E-state index >= 15 is 0 Å².